The molecule has 2 aromatic rings. The van der Waals surface area contributed by atoms with E-state index in [0.29, 0.717) is 6.42 Å². The highest BCUT2D eigenvalue weighted by molar-refractivity contribution is 5.90. The van der Waals surface area contributed by atoms with E-state index in [-0.39, 0.29) is 17.9 Å². The molecule has 0 radical (unpaired) electrons. The van der Waals surface area contributed by atoms with Gasteiger partial charge in [-0.25, -0.2) is 0 Å². The molecule has 4 nitrogen and oxygen atoms in total. The fourth-order valence-corrected chi connectivity index (χ4v) is 3.58. The number of carbonyl (C=O) groups is 1. The lowest BCUT2D eigenvalue weighted by Gasteiger charge is -2.36. The number of benzene rings is 2. The van der Waals surface area contributed by atoms with Crippen molar-refractivity contribution in [2.45, 2.75) is 31.8 Å². The van der Waals surface area contributed by atoms with Gasteiger partial charge in [0.15, 0.2) is 0 Å². The molecule has 4 heteroatoms. The van der Waals surface area contributed by atoms with Gasteiger partial charge in [-0.15, -0.1) is 0 Å². The van der Waals surface area contributed by atoms with Crippen LogP contribution in [0.2, 0.25) is 0 Å². The zero-order valence-electron chi connectivity index (χ0n) is 15.2. The first-order chi connectivity index (χ1) is 12.7. The molecule has 2 aromatic carbocycles. The van der Waals surface area contributed by atoms with Crippen LogP contribution in [0.1, 0.15) is 24.8 Å². The number of rotatable bonds is 7. The maximum absolute atomic E-state index is 12.1. The Labute approximate surface area is 155 Å². The molecule has 1 aliphatic rings. The van der Waals surface area contributed by atoms with E-state index < -0.39 is 0 Å². The van der Waals surface area contributed by atoms with E-state index in [9.17, 15) is 9.90 Å². The fourth-order valence-electron chi connectivity index (χ4n) is 3.58. The number of anilines is 1. The van der Waals surface area contributed by atoms with Crippen LogP contribution in [0.4, 0.5) is 5.69 Å². The Bertz CT molecular complexity index is 675. The Balaban J connectivity index is 1.43. The summed E-state index contributed by atoms with van der Waals surface area (Å²) in [6, 6.07) is 20.0. The number of hydrogen-bond acceptors (Lipinski definition) is 3. The van der Waals surface area contributed by atoms with E-state index in [1.54, 1.807) is 0 Å². The number of piperidine rings is 1. The number of aliphatic hydroxyl groups is 1. The Kier molecular flexibility index (Phi) is 6.81. The maximum atomic E-state index is 12.1. The smallest absolute Gasteiger partial charge is 0.224 e. The molecule has 3 rings (SSSR count). The second-order valence-corrected chi connectivity index (χ2v) is 7.11. The van der Waals surface area contributed by atoms with Crippen LogP contribution in [0.3, 0.4) is 0 Å². The van der Waals surface area contributed by atoms with E-state index >= 15 is 0 Å². The summed E-state index contributed by atoms with van der Waals surface area (Å²) in [6.07, 6.45) is 2.69. The zero-order valence-corrected chi connectivity index (χ0v) is 15.2. The van der Waals surface area contributed by atoms with E-state index in [1.165, 1.54) is 5.56 Å². The number of amides is 1. The molecule has 1 fully saturated rings. The van der Waals surface area contributed by atoms with Crippen molar-refractivity contribution in [1.29, 1.82) is 0 Å². The van der Waals surface area contributed by atoms with Gasteiger partial charge in [-0.1, -0.05) is 48.5 Å². The molecule has 2 atom stereocenters. The first-order valence-electron chi connectivity index (χ1n) is 9.50. The predicted molar refractivity (Wildman–Crippen MR) is 105 cm³/mol. The minimum absolute atomic E-state index is 0.0183. The van der Waals surface area contributed by atoms with Crippen LogP contribution in [0.25, 0.3) is 0 Å². The third-order valence-electron chi connectivity index (χ3n) is 5.14. The molecule has 0 bridgehead atoms. The molecular weight excluding hydrogens is 324 g/mol. The molecule has 138 valence electrons. The molecule has 0 aliphatic carbocycles. The molecule has 2 N–H and O–H groups in total. The van der Waals surface area contributed by atoms with Gasteiger partial charge in [0.05, 0.1) is 6.10 Å². The zero-order chi connectivity index (χ0) is 18.2. The van der Waals surface area contributed by atoms with Crippen LogP contribution in [0.15, 0.2) is 60.7 Å². The van der Waals surface area contributed by atoms with Crippen LogP contribution in [-0.4, -0.2) is 41.7 Å². The number of para-hydroxylation sites is 1. The first kappa shape index (κ1) is 18.6. The second-order valence-electron chi connectivity index (χ2n) is 7.11. The standard InChI is InChI=1S/C22H28N2O2/c25-21-14-16-24(15-13-18-7-3-1-4-8-18)17-19(21)11-12-22(26)23-20-9-5-2-6-10-20/h1-10,19,21,25H,11-17H2,(H,23,26)/t19-,21-/m1/s1. The molecule has 0 spiro atoms. The third kappa shape index (κ3) is 5.68. The van der Waals surface area contributed by atoms with Crippen LogP contribution in [-0.2, 0) is 11.2 Å². The Morgan fingerprint density at radius 2 is 1.77 bits per heavy atom. The number of hydrogen-bond donors (Lipinski definition) is 2. The summed E-state index contributed by atoms with van der Waals surface area (Å²) in [4.78, 5) is 14.6. The van der Waals surface area contributed by atoms with Crippen molar-refractivity contribution >= 4 is 11.6 Å². The molecule has 1 amide bonds. The van der Waals surface area contributed by atoms with E-state index in [1.807, 2.05) is 36.4 Å². The topological polar surface area (TPSA) is 52.6 Å². The second kappa shape index (κ2) is 9.51. The van der Waals surface area contributed by atoms with Gasteiger partial charge >= 0.3 is 0 Å². The van der Waals surface area contributed by atoms with Crippen molar-refractivity contribution in [1.82, 2.24) is 4.90 Å². The largest absolute Gasteiger partial charge is 0.393 e. The van der Waals surface area contributed by atoms with Gasteiger partial charge in [-0.3, -0.25) is 4.79 Å². The predicted octanol–water partition coefficient (Wildman–Crippen LogP) is 3.33. The van der Waals surface area contributed by atoms with Crippen molar-refractivity contribution in [3.05, 3.63) is 66.2 Å². The average Bonchev–Trinajstić information content (AvgIpc) is 2.68. The number of carbonyl (C=O) groups excluding carboxylic acids is 1. The number of nitrogens with one attached hydrogen (secondary N) is 1. The highest BCUT2D eigenvalue weighted by Gasteiger charge is 2.27. The summed E-state index contributed by atoms with van der Waals surface area (Å²) >= 11 is 0. The molecule has 0 saturated carbocycles. The van der Waals surface area contributed by atoms with Crippen LogP contribution in [0.5, 0.6) is 0 Å². The van der Waals surface area contributed by atoms with Crippen molar-refractivity contribution in [3.63, 3.8) is 0 Å². The molecule has 0 unspecified atom stereocenters. The van der Waals surface area contributed by atoms with Gasteiger partial charge in [0.1, 0.15) is 0 Å². The normalized spacial score (nSPS) is 20.7. The van der Waals surface area contributed by atoms with E-state index in [0.717, 1.165) is 44.6 Å². The van der Waals surface area contributed by atoms with Gasteiger partial charge in [-0.2, -0.15) is 0 Å². The molecular formula is C22H28N2O2. The summed E-state index contributed by atoms with van der Waals surface area (Å²) in [5.41, 5.74) is 2.17. The SMILES string of the molecule is O=C(CC[C@@H]1CN(CCc2ccccc2)CC[C@H]1O)Nc1ccccc1. The highest BCUT2D eigenvalue weighted by atomic mass is 16.3. The summed E-state index contributed by atoms with van der Waals surface area (Å²) < 4.78 is 0. The minimum atomic E-state index is -0.299. The van der Waals surface area contributed by atoms with E-state index in [4.69, 9.17) is 0 Å². The average molecular weight is 352 g/mol. The lowest BCUT2D eigenvalue weighted by Crippen LogP contribution is -2.44. The minimum Gasteiger partial charge on any atom is -0.393 e. The maximum Gasteiger partial charge on any atom is 0.224 e. The van der Waals surface area contributed by atoms with Crippen molar-refractivity contribution in [2.75, 3.05) is 25.0 Å². The van der Waals surface area contributed by atoms with Crippen molar-refractivity contribution in [3.8, 4) is 0 Å². The summed E-state index contributed by atoms with van der Waals surface area (Å²) in [6.45, 7) is 2.80. The van der Waals surface area contributed by atoms with Crippen LogP contribution in [0, 0.1) is 5.92 Å². The van der Waals surface area contributed by atoms with Crippen molar-refractivity contribution in [2.24, 2.45) is 5.92 Å². The van der Waals surface area contributed by atoms with Crippen LogP contribution >= 0.6 is 0 Å². The highest BCUT2D eigenvalue weighted by Crippen LogP contribution is 2.22. The van der Waals surface area contributed by atoms with Gasteiger partial charge in [0.25, 0.3) is 0 Å². The van der Waals surface area contributed by atoms with Gasteiger partial charge in [0.2, 0.25) is 5.91 Å². The lowest BCUT2D eigenvalue weighted by molar-refractivity contribution is -0.116. The molecule has 1 heterocycles. The number of nitrogens with zero attached hydrogens (tertiary/aromatic N) is 1. The monoisotopic (exact) mass is 352 g/mol. The lowest BCUT2D eigenvalue weighted by atomic mass is 9.90. The summed E-state index contributed by atoms with van der Waals surface area (Å²) in [7, 11) is 0. The van der Waals surface area contributed by atoms with Gasteiger partial charge < -0.3 is 15.3 Å². The van der Waals surface area contributed by atoms with Crippen LogP contribution < -0.4 is 5.32 Å². The molecule has 0 aromatic heterocycles. The summed E-state index contributed by atoms with van der Waals surface area (Å²) in [5, 5.41) is 13.2. The Morgan fingerprint density at radius 3 is 2.50 bits per heavy atom. The van der Waals surface area contributed by atoms with Crippen molar-refractivity contribution < 1.29 is 9.90 Å². The summed E-state index contributed by atoms with van der Waals surface area (Å²) in [5.74, 6) is 0.186. The Hall–Kier alpha value is -2.17. The number of likely N-dealkylation sites (tertiary alicyclic amines) is 1. The van der Waals surface area contributed by atoms with Gasteiger partial charge in [-0.05, 0) is 42.9 Å². The molecule has 26 heavy (non-hydrogen) atoms. The van der Waals surface area contributed by atoms with Gasteiger partial charge in [0, 0.05) is 31.7 Å². The van der Waals surface area contributed by atoms with E-state index in [2.05, 4.69) is 34.5 Å². The molecule has 1 saturated heterocycles. The quantitative estimate of drug-likeness (QED) is 0.804. The fraction of sp³-hybridized carbons (Fsp3) is 0.409. The first-order valence-corrected chi connectivity index (χ1v) is 9.50. The third-order valence-corrected chi connectivity index (χ3v) is 5.14. The number of aliphatic hydroxyl groups excluding tert-OH is 1. The Morgan fingerprint density at radius 1 is 1.08 bits per heavy atom. The molecule has 1 aliphatic heterocycles.